The first-order chi connectivity index (χ1) is 13.2. The monoisotopic (exact) mass is 413 g/mol. The number of ether oxygens (including phenoxy) is 3. The highest BCUT2D eigenvalue weighted by Crippen LogP contribution is 2.22. The number of allylic oxidation sites excluding steroid dienone is 1. The Balaban J connectivity index is 2.59. The molecular weight excluding hydrogens is 386 g/mol. The predicted octanol–water partition coefficient (Wildman–Crippen LogP) is 2.70. The van der Waals surface area contributed by atoms with Crippen LogP contribution in [0.2, 0.25) is 0 Å². The van der Waals surface area contributed by atoms with Crippen molar-refractivity contribution in [2.24, 2.45) is 5.10 Å². The fourth-order valence-electron chi connectivity index (χ4n) is 2.03. The van der Waals surface area contributed by atoms with Gasteiger partial charge in [-0.25, -0.2) is 9.99 Å². The fourth-order valence-corrected chi connectivity index (χ4v) is 2.17. The molecule has 8 nitrogen and oxygen atoms in total. The lowest BCUT2D eigenvalue weighted by atomic mass is 10.1. The summed E-state index contributed by atoms with van der Waals surface area (Å²) in [7, 11) is 0. The molecule has 0 aromatic carbocycles. The lowest BCUT2D eigenvalue weighted by molar-refractivity contribution is -0.131. The van der Waals surface area contributed by atoms with Gasteiger partial charge in [0.05, 0.1) is 25.4 Å². The molecule has 1 aromatic heterocycles. The largest absolute Gasteiger partial charge is 0.492 e. The first kappa shape index (κ1) is 23.9. The van der Waals surface area contributed by atoms with E-state index in [0.29, 0.717) is 19.1 Å². The Labute approximate surface area is 170 Å². The minimum atomic E-state index is -0.553. The molecule has 0 saturated carbocycles. The summed E-state index contributed by atoms with van der Waals surface area (Å²) in [5, 5.41) is 13.5. The second-order valence-electron chi connectivity index (χ2n) is 6.78. The van der Waals surface area contributed by atoms with Crippen LogP contribution in [0.1, 0.15) is 33.3 Å². The number of rotatable bonds is 11. The van der Waals surface area contributed by atoms with E-state index in [-0.39, 0.29) is 30.6 Å². The van der Waals surface area contributed by atoms with Gasteiger partial charge in [-0.3, -0.25) is 4.79 Å². The molecule has 0 aliphatic carbocycles. The third-order valence-corrected chi connectivity index (χ3v) is 3.86. The van der Waals surface area contributed by atoms with E-state index in [1.807, 2.05) is 20.8 Å². The van der Waals surface area contributed by atoms with Gasteiger partial charge in [0.25, 0.3) is 5.91 Å². The van der Waals surface area contributed by atoms with E-state index >= 15 is 0 Å². The van der Waals surface area contributed by atoms with Crippen LogP contribution < -0.4 is 4.74 Å². The number of amides is 1. The number of aliphatic hydroxyl groups excluding tert-OH is 1. The van der Waals surface area contributed by atoms with Gasteiger partial charge >= 0.3 is 0 Å². The summed E-state index contributed by atoms with van der Waals surface area (Å²) in [5.74, 6) is 0.257. The highest BCUT2D eigenvalue weighted by molar-refractivity contribution is 6.42. The van der Waals surface area contributed by atoms with Crippen LogP contribution in [0.25, 0.3) is 0 Å². The Morgan fingerprint density at radius 2 is 2.04 bits per heavy atom. The summed E-state index contributed by atoms with van der Waals surface area (Å²) in [6.45, 7) is 11.7. The van der Waals surface area contributed by atoms with Crippen molar-refractivity contribution >= 4 is 24.2 Å². The van der Waals surface area contributed by atoms with Gasteiger partial charge < -0.3 is 19.3 Å². The molecule has 0 saturated heterocycles. The molecule has 0 unspecified atom stereocenters. The smallest absolute Gasteiger partial charge is 0.289 e. The average molecular weight is 414 g/mol. The topological polar surface area (TPSA) is 93.5 Å². The van der Waals surface area contributed by atoms with Crippen molar-refractivity contribution in [2.75, 3.05) is 26.4 Å². The Morgan fingerprint density at radius 1 is 1.32 bits per heavy atom. The molecule has 156 valence electrons. The van der Waals surface area contributed by atoms with Crippen molar-refractivity contribution < 1.29 is 24.1 Å². The summed E-state index contributed by atoms with van der Waals surface area (Å²) in [5.41, 5.74) is 0.233. The van der Waals surface area contributed by atoms with Gasteiger partial charge in [0.2, 0.25) is 5.88 Å². The van der Waals surface area contributed by atoms with E-state index in [9.17, 15) is 4.79 Å². The summed E-state index contributed by atoms with van der Waals surface area (Å²) in [6.07, 6.45) is 1.61. The number of carbonyl (C=O) groups excluding carboxylic acids is 1. The summed E-state index contributed by atoms with van der Waals surface area (Å²) in [6, 6.07) is 3.51. The Kier molecular flexibility index (Phi) is 9.92. The highest BCUT2D eigenvalue weighted by atomic mass is 35.5. The number of aromatic nitrogens is 1. The summed E-state index contributed by atoms with van der Waals surface area (Å²) >= 11 is 6.16. The molecule has 1 rings (SSSR count). The number of halogens is 1. The molecule has 1 amide bonds. The zero-order chi connectivity index (χ0) is 21.2. The molecular formula is C19H28ClN3O5. The van der Waals surface area contributed by atoms with Crippen molar-refractivity contribution in [3.05, 3.63) is 34.7 Å². The first-order valence-electron chi connectivity index (χ1n) is 8.77. The van der Waals surface area contributed by atoms with E-state index in [4.69, 9.17) is 30.9 Å². The van der Waals surface area contributed by atoms with Crippen molar-refractivity contribution in [1.29, 1.82) is 0 Å². The standard InChI is InChI=1S/C19H28ClN3O5/c1-14(17(20)18(25)23(21-5)19(2,3)4)28-13-15-6-7-16(22-12-15)27-11-10-26-9-8-24/h6-7,12,24H,5,8-11,13H2,1-4H3/b17-14-. The first-order valence-corrected chi connectivity index (χ1v) is 9.15. The average Bonchev–Trinajstić information content (AvgIpc) is 2.65. The van der Waals surface area contributed by atoms with Crippen LogP contribution >= 0.6 is 11.6 Å². The zero-order valence-corrected chi connectivity index (χ0v) is 17.5. The maximum atomic E-state index is 12.5. The maximum absolute atomic E-state index is 12.5. The molecule has 1 aromatic rings. The lowest BCUT2D eigenvalue weighted by Gasteiger charge is -2.30. The van der Waals surface area contributed by atoms with E-state index in [2.05, 4.69) is 16.8 Å². The number of pyridine rings is 1. The molecule has 0 fully saturated rings. The Bertz CT molecular complexity index is 671. The van der Waals surface area contributed by atoms with Gasteiger partial charge in [-0.15, -0.1) is 0 Å². The van der Waals surface area contributed by atoms with Crippen LogP contribution in [0.5, 0.6) is 5.88 Å². The molecule has 0 radical (unpaired) electrons. The maximum Gasteiger partial charge on any atom is 0.289 e. The van der Waals surface area contributed by atoms with Crippen LogP contribution in [0, 0.1) is 0 Å². The van der Waals surface area contributed by atoms with E-state index in [1.165, 1.54) is 5.01 Å². The van der Waals surface area contributed by atoms with Gasteiger partial charge in [-0.05, 0) is 33.8 Å². The highest BCUT2D eigenvalue weighted by Gasteiger charge is 2.29. The number of hydrogen-bond acceptors (Lipinski definition) is 7. The predicted molar refractivity (Wildman–Crippen MR) is 107 cm³/mol. The van der Waals surface area contributed by atoms with Crippen molar-refractivity contribution in [3.8, 4) is 5.88 Å². The van der Waals surface area contributed by atoms with E-state index < -0.39 is 11.4 Å². The third-order valence-electron chi connectivity index (χ3n) is 3.43. The minimum absolute atomic E-state index is 0.0191. The van der Waals surface area contributed by atoms with Gasteiger partial charge in [-0.1, -0.05) is 11.6 Å². The molecule has 0 atom stereocenters. The van der Waals surface area contributed by atoms with Gasteiger partial charge in [-0.2, -0.15) is 5.10 Å². The quantitative estimate of drug-likeness (QED) is 0.197. The van der Waals surface area contributed by atoms with Gasteiger partial charge in [0.1, 0.15) is 24.0 Å². The van der Waals surface area contributed by atoms with Crippen LogP contribution in [0.15, 0.2) is 34.2 Å². The Morgan fingerprint density at radius 3 is 2.57 bits per heavy atom. The Hall–Kier alpha value is -2.16. The van der Waals surface area contributed by atoms with Crippen LogP contribution in [-0.2, 0) is 20.9 Å². The molecule has 0 aliphatic heterocycles. The van der Waals surface area contributed by atoms with E-state index in [1.54, 1.807) is 25.3 Å². The van der Waals surface area contributed by atoms with Crippen molar-refractivity contribution in [1.82, 2.24) is 9.99 Å². The normalized spacial score (nSPS) is 12.2. The second kappa shape index (κ2) is 11.6. The number of hydrogen-bond donors (Lipinski definition) is 1. The SMILES string of the molecule is C=NN(C(=O)/C(Cl)=C(\C)OCc1ccc(OCCOCCO)nc1)C(C)(C)C. The number of hydrazone groups is 1. The molecule has 9 heteroatoms. The van der Waals surface area contributed by atoms with Crippen molar-refractivity contribution in [2.45, 2.75) is 39.8 Å². The van der Waals surface area contributed by atoms with Gasteiger partial charge in [0, 0.05) is 24.5 Å². The third kappa shape index (κ3) is 7.84. The fraction of sp³-hybridized carbons (Fsp3) is 0.526. The number of carbonyl (C=O) groups is 1. The molecule has 0 aliphatic rings. The number of aliphatic hydroxyl groups is 1. The lowest BCUT2D eigenvalue weighted by Crippen LogP contribution is -2.41. The second-order valence-corrected chi connectivity index (χ2v) is 7.16. The molecule has 0 bridgehead atoms. The molecule has 1 N–H and O–H groups in total. The van der Waals surface area contributed by atoms with Gasteiger partial charge in [0.15, 0.2) is 0 Å². The molecule has 1 heterocycles. The number of nitrogens with zero attached hydrogens (tertiary/aromatic N) is 3. The molecule has 28 heavy (non-hydrogen) atoms. The van der Waals surface area contributed by atoms with E-state index in [0.717, 1.165) is 5.56 Å². The van der Waals surface area contributed by atoms with Crippen molar-refractivity contribution in [3.63, 3.8) is 0 Å². The molecule has 0 spiro atoms. The summed E-state index contributed by atoms with van der Waals surface area (Å²) < 4.78 is 16.1. The summed E-state index contributed by atoms with van der Waals surface area (Å²) in [4.78, 5) is 16.6. The zero-order valence-electron chi connectivity index (χ0n) is 16.8. The van der Waals surface area contributed by atoms with Crippen LogP contribution in [-0.4, -0.2) is 59.7 Å². The van der Waals surface area contributed by atoms with Crippen LogP contribution in [0.3, 0.4) is 0 Å². The minimum Gasteiger partial charge on any atom is -0.492 e. The van der Waals surface area contributed by atoms with Crippen LogP contribution in [0.4, 0.5) is 0 Å².